The van der Waals surface area contributed by atoms with Crippen molar-refractivity contribution < 1.29 is 19.1 Å². The Labute approximate surface area is 130 Å². The highest BCUT2D eigenvalue weighted by atomic mass is 79.9. The highest BCUT2D eigenvalue weighted by molar-refractivity contribution is 9.10. The van der Waals surface area contributed by atoms with E-state index in [1.807, 2.05) is 0 Å². The molecule has 1 saturated carbocycles. The lowest BCUT2D eigenvalue weighted by Crippen LogP contribution is -2.39. The molecule has 4 nitrogen and oxygen atoms in total. The van der Waals surface area contributed by atoms with Crippen molar-refractivity contribution in [2.45, 2.75) is 32.2 Å². The van der Waals surface area contributed by atoms with Crippen LogP contribution in [0, 0.1) is 17.7 Å². The molecule has 6 heteroatoms. The van der Waals surface area contributed by atoms with E-state index in [9.17, 15) is 19.1 Å². The fourth-order valence-electron chi connectivity index (χ4n) is 2.73. The molecule has 2 N–H and O–H groups in total. The van der Waals surface area contributed by atoms with Crippen LogP contribution in [0.15, 0.2) is 22.7 Å². The lowest BCUT2D eigenvalue weighted by Gasteiger charge is -2.27. The van der Waals surface area contributed by atoms with Crippen molar-refractivity contribution in [3.63, 3.8) is 0 Å². The molecule has 1 aliphatic rings. The van der Waals surface area contributed by atoms with Gasteiger partial charge < -0.3 is 10.4 Å². The Balaban J connectivity index is 2.00. The fourth-order valence-corrected chi connectivity index (χ4v) is 3.14. The van der Waals surface area contributed by atoms with Crippen LogP contribution in [0.2, 0.25) is 0 Å². The Morgan fingerprint density at radius 2 is 1.95 bits per heavy atom. The molecule has 1 fully saturated rings. The summed E-state index contributed by atoms with van der Waals surface area (Å²) in [7, 11) is 0. The SMILES string of the molecule is O=C(O)[C@H]1CCCC[C@H]1C(=O)NCc1cc(Br)ccc1F. The van der Waals surface area contributed by atoms with E-state index >= 15 is 0 Å². The topological polar surface area (TPSA) is 66.4 Å². The number of carboxylic acid groups (broad SMARTS) is 1. The van der Waals surface area contributed by atoms with Gasteiger partial charge in [-0.05, 0) is 31.0 Å². The molecule has 0 radical (unpaired) electrons. The Morgan fingerprint density at radius 3 is 2.62 bits per heavy atom. The van der Waals surface area contributed by atoms with E-state index in [0.717, 1.165) is 17.3 Å². The zero-order valence-corrected chi connectivity index (χ0v) is 13.0. The fraction of sp³-hybridized carbons (Fsp3) is 0.467. The second-order valence-electron chi connectivity index (χ2n) is 5.29. The van der Waals surface area contributed by atoms with Gasteiger partial charge in [-0.1, -0.05) is 28.8 Å². The molecule has 0 aliphatic heterocycles. The van der Waals surface area contributed by atoms with Crippen molar-refractivity contribution in [3.8, 4) is 0 Å². The quantitative estimate of drug-likeness (QED) is 0.869. The van der Waals surface area contributed by atoms with Gasteiger partial charge in [-0.15, -0.1) is 0 Å². The first-order valence-corrected chi connectivity index (χ1v) is 7.73. The molecule has 0 saturated heterocycles. The summed E-state index contributed by atoms with van der Waals surface area (Å²) in [5.74, 6) is -2.78. The maximum atomic E-state index is 13.6. The summed E-state index contributed by atoms with van der Waals surface area (Å²) in [6.45, 7) is 0.0624. The minimum Gasteiger partial charge on any atom is -0.481 e. The van der Waals surface area contributed by atoms with Crippen LogP contribution in [0.1, 0.15) is 31.2 Å². The molecule has 2 rings (SSSR count). The van der Waals surface area contributed by atoms with E-state index < -0.39 is 23.6 Å². The zero-order chi connectivity index (χ0) is 15.4. The molecular formula is C15H17BrFNO3. The predicted molar refractivity (Wildman–Crippen MR) is 79.0 cm³/mol. The molecule has 21 heavy (non-hydrogen) atoms. The average Bonchev–Trinajstić information content (AvgIpc) is 2.47. The number of hydrogen-bond acceptors (Lipinski definition) is 2. The minimum absolute atomic E-state index is 0.0624. The smallest absolute Gasteiger partial charge is 0.307 e. The predicted octanol–water partition coefficient (Wildman–Crippen LogP) is 3.10. The van der Waals surface area contributed by atoms with E-state index in [1.54, 1.807) is 12.1 Å². The van der Waals surface area contributed by atoms with Gasteiger partial charge in [-0.25, -0.2) is 4.39 Å². The monoisotopic (exact) mass is 357 g/mol. The van der Waals surface area contributed by atoms with E-state index in [-0.39, 0.29) is 12.5 Å². The summed E-state index contributed by atoms with van der Waals surface area (Å²) in [4.78, 5) is 23.4. The molecule has 0 aromatic heterocycles. The van der Waals surface area contributed by atoms with Crippen molar-refractivity contribution in [3.05, 3.63) is 34.1 Å². The first-order valence-electron chi connectivity index (χ1n) is 6.93. The number of carbonyl (C=O) groups is 2. The zero-order valence-electron chi connectivity index (χ0n) is 11.4. The number of benzene rings is 1. The number of rotatable bonds is 4. The number of hydrogen-bond donors (Lipinski definition) is 2. The molecule has 0 unspecified atom stereocenters. The minimum atomic E-state index is -0.927. The van der Waals surface area contributed by atoms with Crippen LogP contribution in [-0.4, -0.2) is 17.0 Å². The lowest BCUT2D eigenvalue weighted by molar-refractivity contribution is -0.148. The Kier molecular flexibility index (Phi) is 5.33. The maximum absolute atomic E-state index is 13.6. The molecule has 1 aromatic rings. The standard InChI is InChI=1S/C15H17BrFNO3/c16-10-5-6-13(17)9(7-10)8-18-14(19)11-3-1-2-4-12(11)15(20)21/h5-7,11-12H,1-4,8H2,(H,18,19)(H,20,21)/t11-,12+/m1/s1. The third-order valence-corrected chi connectivity index (χ3v) is 4.37. The summed E-state index contributed by atoms with van der Waals surface area (Å²) in [5.41, 5.74) is 0.375. The molecule has 0 bridgehead atoms. The number of halogens is 2. The summed E-state index contributed by atoms with van der Waals surface area (Å²) in [6.07, 6.45) is 2.79. The number of nitrogens with one attached hydrogen (secondary N) is 1. The normalized spacial score (nSPS) is 21.8. The van der Waals surface area contributed by atoms with Gasteiger partial charge >= 0.3 is 5.97 Å². The summed E-state index contributed by atoms with van der Waals surface area (Å²) < 4.78 is 14.3. The van der Waals surface area contributed by atoms with Gasteiger partial charge in [0.15, 0.2) is 0 Å². The third kappa shape index (κ3) is 4.03. The first-order chi connectivity index (χ1) is 9.99. The van der Waals surface area contributed by atoms with Crippen LogP contribution in [0.4, 0.5) is 4.39 Å². The van der Waals surface area contributed by atoms with Gasteiger partial charge in [0.05, 0.1) is 11.8 Å². The molecule has 0 heterocycles. The van der Waals surface area contributed by atoms with E-state index in [0.29, 0.717) is 18.4 Å². The summed E-state index contributed by atoms with van der Waals surface area (Å²) in [6, 6.07) is 4.51. The van der Waals surface area contributed by atoms with Crippen LogP contribution in [0.5, 0.6) is 0 Å². The number of carbonyl (C=O) groups excluding carboxylic acids is 1. The summed E-state index contributed by atoms with van der Waals surface area (Å²) >= 11 is 3.25. The lowest BCUT2D eigenvalue weighted by atomic mass is 9.78. The van der Waals surface area contributed by atoms with Gasteiger partial charge in [-0.3, -0.25) is 9.59 Å². The number of aliphatic carboxylic acids is 1. The van der Waals surface area contributed by atoms with E-state index in [2.05, 4.69) is 21.2 Å². The van der Waals surface area contributed by atoms with Crippen molar-refractivity contribution in [1.29, 1.82) is 0 Å². The van der Waals surface area contributed by atoms with Crippen LogP contribution in [0.3, 0.4) is 0 Å². The van der Waals surface area contributed by atoms with Crippen LogP contribution >= 0.6 is 15.9 Å². The van der Waals surface area contributed by atoms with Gasteiger partial charge in [0.25, 0.3) is 0 Å². The van der Waals surface area contributed by atoms with Crippen LogP contribution in [0.25, 0.3) is 0 Å². The molecule has 114 valence electrons. The molecule has 1 amide bonds. The second kappa shape index (κ2) is 7.02. The summed E-state index contributed by atoms with van der Waals surface area (Å²) in [5, 5.41) is 11.8. The largest absolute Gasteiger partial charge is 0.481 e. The Hall–Kier alpha value is -1.43. The maximum Gasteiger partial charge on any atom is 0.307 e. The van der Waals surface area contributed by atoms with Crippen molar-refractivity contribution in [1.82, 2.24) is 5.32 Å². The highest BCUT2D eigenvalue weighted by Crippen LogP contribution is 2.30. The van der Waals surface area contributed by atoms with Crippen molar-refractivity contribution >= 4 is 27.8 Å². The molecular weight excluding hydrogens is 341 g/mol. The first kappa shape index (κ1) is 15.9. The van der Waals surface area contributed by atoms with Gasteiger partial charge in [0, 0.05) is 16.6 Å². The van der Waals surface area contributed by atoms with Crippen LogP contribution < -0.4 is 5.32 Å². The molecule has 2 atom stereocenters. The third-order valence-electron chi connectivity index (χ3n) is 3.88. The highest BCUT2D eigenvalue weighted by Gasteiger charge is 2.35. The second-order valence-corrected chi connectivity index (χ2v) is 6.20. The van der Waals surface area contributed by atoms with Crippen LogP contribution in [-0.2, 0) is 16.1 Å². The van der Waals surface area contributed by atoms with Gasteiger partial charge in [0.2, 0.25) is 5.91 Å². The van der Waals surface area contributed by atoms with E-state index in [1.165, 1.54) is 6.07 Å². The molecule has 0 spiro atoms. The molecule has 1 aliphatic carbocycles. The number of amides is 1. The Bertz CT molecular complexity index is 550. The van der Waals surface area contributed by atoms with E-state index in [4.69, 9.17) is 0 Å². The Morgan fingerprint density at radius 1 is 1.29 bits per heavy atom. The van der Waals surface area contributed by atoms with Gasteiger partial charge in [0.1, 0.15) is 5.82 Å². The van der Waals surface area contributed by atoms with Crippen molar-refractivity contribution in [2.75, 3.05) is 0 Å². The van der Waals surface area contributed by atoms with Crippen molar-refractivity contribution in [2.24, 2.45) is 11.8 Å². The van der Waals surface area contributed by atoms with Gasteiger partial charge in [-0.2, -0.15) is 0 Å². The molecule has 1 aromatic carbocycles. The average molecular weight is 358 g/mol. The number of carboxylic acids is 1.